The molecule has 2 heterocycles. The van der Waals surface area contributed by atoms with Crippen molar-refractivity contribution in [2.75, 3.05) is 44.2 Å². The molecule has 4 aromatic rings. The second-order valence-corrected chi connectivity index (χ2v) is 10.4. The Bertz CT molecular complexity index is 1630. The van der Waals surface area contributed by atoms with Crippen molar-refractivity contribution in [3.63, 3.8) is 0 Å². The minimum absolute atomic E-state index is 0.113. The number of fused-ring (bicyclic) bond motifs is 1. The average molecular weight is 588 g/mol. The van der Waals surface area contributed by atoms with Crippen LogP contribution in [0.5, 0.6) is 11.5 Å². The predicted molar refractivity (Wildman–Crippen MR) is 165 cm³/mol. The number of hydrogen-bond donors (Lipinski definition) is 4. The Morgan fingerprint density at radius 1 is 1.00 bits per heavy atom. The molecule has 5 rings (SSSR count). The highest BCUT2D eigenvalue weighted by Crippen LogP contribution is 2.40. The number of hydrogen-bond acceptors (Lipinski definition) is 9. The number of rotatable bonds is 8. The van der Waals surface area contributed by atoms with Crippen LogP contribution in [0, 0.1) is 0 Å². The molecule has 1 aliphatic heterocycles. The highest BCUT2D eigenvalue weighted by molar-refractivity contribution is 7.80. The van der Waals surface area contributed by atoms with Gasteiger partial charge in [-0.3, -0.25) is 10.1 Å². The third kappa shape index (κ3) is 5.87. The summed E-state index contributed by atoms with van der Waals surface area (Å²) >= 11 is 4.69. The van der Waals surface area contributed by atoms with Crippen molar-refractivity contribution < 1.29 is 23.8 Å². The minimum Gasteiger partial charge on any atom is -0.493 e. The van der Waals surface area contributed by atoms with Crippen LogP contribution in [0.25, 0.3) is 10.8 Å². The zero-order valence-corrected chi connectivity index (χ0v) is 24.5. The number of anilines is 3. The van der Waals surface area contributed by atoms with Gasteiger partial charge in [-0.25, -0.2) is 9.78 Å². The summed E-state index contributed by atoms with van der Waals surface area (Å²) in [5.41, 5.74) is 8.93. The Labute approximate surface area is 249 Å². The molecule has 4 N–H and O–H groups in total. The van der Waals surface area contributed by atoms with Gasteiger partial charge in [0.2, 0.25) is 5.91 Å². The van der Waals surface area contributed by atoms with Crippen LogP contribution in [-0.2, 0) is 9.53 Å². The molecule has 42 heavy (non-hydrogen) atoms. The Kier molecular flexibility index (Phi) is 8.58. The van der Waals surface area contributed by atoms with Crippen LogP contribution in [0.2, 0.25) is 0 Å². The van der Waals surface area contributed by atoms with E-state index < -0.39 is 12.1 Å². The number of benzene rings is 3. The molecule has 0 unspecified atom stereocenters. The van der Waals surface area contributed by atoms with Crippen LogP contribution >= 0.6 is 12.6 Å². The SMILES string of the molecule is COC(=O)Nc1ccc(S)c([C@H]2CCCN2C(=O)[C@H](Nc2ccc3c(N)nccc3c2)c2ccc(OC)c(OC)c2)c1. The summed E-state index contributed by atoms with van der Waals surface area (Å²) in [5.74, 6) is 1.41. The highest BCUT2D eigenvalue weighted by atomic mass is 32.1. The molecule has 218 valence electrons. The number of aromatic nitrogens is 1. The van der Waals surface area contributed by atoms with E-state index in [0.717, 1.165) is 39.8 Å². The van der Waals surface area contributed by atoms with E-state index >= 15 is 0 Å². The second kappa shape index (κ2) is 12.5. The van der Waals surface area contributed by atoms with E-state index in [1.807, 2.05) is 53.4 Å². The first kappa shape index (κ1) is 28.9. The molecule has 11 heteroatoms. The van der Waals surface area contributed by atoms with Gasteiger partial charge in [-0.15, -0.1) is 12.6 Å². The van der Waals surface area contributed by atoms with Gasteiger partial charge in [0.15, 0.2) is 11.5 Å². The monoisotopic (exact) mass is 587 g/mol. The van der Waals surface area contributed by atoms with Crippen LogP contribution in [0.1, 0.15) is 36.1 Å². The van der Waals surface area contributed by atoms with E-state index in [-0.39, 0.29) is 11.9 Å². The zero-order valence-electron chi connectivity index (χ0n) is 23.6. The number of nitrogens with one attached hydrogen (secondary N) is 2. The van der Waals surface area contributed by atoms with Crippen molar-refractivity contribution in [3.8, 4) is 11.5 Å². The number of likely N-dealkylation sites (tertiary alicyclic amines) is 1. The Hall–Kier alpha value is -4.64. The van der Waals surface area contributed by atoms with Crippen molar-refractivity contribution in [2.24, 2.45) is 0 Å². The number of carbonyl (C=O) groups is 2. The number of methoxy groups -OCH3 is 3. The van der Waals surface area contributed by atoms with Crippen LogP contribution in [0.15, 0.2) is 71.8 Å². The van der Waals surface area contributed by atoms with Crippen molar-refractivity contribution in [2.45, 2.75) is 29.8 Å². The van der Waals surface area contributed by atoms with Crippen LogP contribution < -0.4 is 25.8 Å². The fourth-order valence-corrected chi connectivity index (χ4v) is 5.65. The van der Waals surface area contributed by atoms with Crippen molar-refractivity contribution in [3.05, 3.63) is 78.0 Å². The molecule has 3 aromatic carbocycles. The maximum absolute atomic E-state index is 14.5. The maximum Gasteiger partial charge on any atom is 0.411 e. The fourth-order valence-electron chi connectivity index (χ4n) is 5.37. The van der Waals surface area contributed by atoms with E-state index in [1.54, 1.807) is 32.5 Å². The molecule has 1 fully saturated rings. The minimum atomic E-state index is -0.748. The molecule has 10 nitrogen and oxygen atoms in total. The molecule has 0 bridgehead atoms. The largest absolute Gasteiger partial charge is 0.493 e. The predicted octanol–water partition coefficient (Wildman–Crippen LogP) is 5.82. The van der Waals surface area contributed by atoms with Crippen LogP contribution in [0.3, 0.4) is 0 Å². The van der Waals surface area contributed by atoms with Gasteiger partial charge in [-0.2, -0.15) is 0 Å². The molecule has 2 amide bonds. The molecule has 0 aliphatic carbocycles. The zero-order chi connectivity index (χ0) is 29.8. The lowest BCUT2D eigenvalue weighted by Crippen LogP contribution is -2.37. The normalized spacial score (nSPS) is 15.2. The first-order chi connectivity index (χ1) is 20.3. The third-order valence-electron chi connectivity index (χ3n) is 7.45. The lowest BCUT2D eigenvalue weighted by atomic mass is 10.00. The molecular formula is C31H33N5O5S. The standard InChI is InChI=1S/C31H33N5O5S/c1-39-25-10-6-19(16-26(25)40-2)28(34-20-7-9-22-18(15-20)12-13-33-29(22)32)30(37)36-14-4-5-24(36)23-17-21(8-11-27(23)42)35-31(38)41-3/h6-13,15-17,24,28,34,42H,4-5,14H2,1-3H3,(H2,32,33)(H,35,38)/t24-,28-/m1/s1. The maximum atomic E-state index is 14.5. The van der Waals surface area contributed by atoms with E-state index in [9.17, 15) is 9.59 Å². The Balaban J connectivity index is 1.53. The van der Waals surface area contributed by atoms with Gasteiger partial charge in [0, 0.05) is 34.4 Å². The van der Waals surface area contributed by atoms with Gasteiger partial charge in [-0.1, -0.05) is 6.07 Å². The average Bonchev–Trinajstić information content (AvgIpc) is 3.50. The number of nitrogens with two attached hydrogens (primary N) is 1. The van der Waals surface area contributed by atoms with Crippen molar-refractivity contribution in [1.82, 2.24) is 9.88 Å². The molecule has 1 saturated heterocycles. The third-order valence-corrected chi connectivity index (χ3v) is 7.86. The molecule has 0 saturated carbocycles. The highest BCUT2D eigenvalue weighted by Gasteiger charge is 2.36. The van der Waals surface area contributed by atoms with Crippen molar-refractivity contribution >= 4 is 52.6 Å². The van der Waals surface area contributed by atoms with Gasteiger partial charge < -0.3 is 30.2 Å². The summed E-state index contributed by atoms with van der Waals surface area (Å²) in [4.78, 5) is 33.1. The van der Waals surface area contributed by atoms with Crippen LogP contribution in [-0.4, -0.2) is 49.8 Å². The number of thiol groups is 1. The Morgan fingerprint density at radius 3 is 2.55 bits per heavy atom. The van der Waals surface area contributed by atoms with E-state index in [0.29, 0.717) is 35.1 Å². The fraction of sp³-hybridized carbons (Fsp3) is 0.258. The summed E-state index contributed by atoms with van der Waals surface area (Å²) in [7, 11) is 4.44. The smallest absolute Gasteiger partial charge is 0.411 e. The summed E-state index contributed by atoms with van der Waals surface area (Å²) in [6.45, 7) is 0.566. The van der Waals surface area contributed by atoms with Crippen LogP contribution in [0.4, 0.5) is 22.0 Å². The van der Waals surface area contributed by atoms with E-state index in [2.05, 4.69) is 15.6 Å². The number of amides is 2. The summed E-state index contributed by atoms with van der Waals surface area (Å²) in [6, 6.07) is 17.5. The van der Waals surface area contributed by atoms with Gasteiger partial charge in [0.05, 0.1) is 27.4 Å². The topological polar surface area (TPSA) is 128 Å². The lowest BCUT2D eigenvalue weighted by Gasteiger charge is -2.31. The molecule has 2 atom stereocenters. The van der Waals surface area contributed by atoms with Gasteiger partial charge >= 0.3 is 6.09 Å². The quantitative estimate of drug-likeness (QED) is 0.190. The number of nitrogens with zero attached hydrogens (tertiary/aromatic N) is 2. The number of ether oxygens (including phenoxy) is 3. The summed E-state index contributed by atoms with van der Waals surface area (Å²) in [6.07, 6.45) is 2.66. The van der Waals surface area contributed by atoms with Gasteiger partial charge in [0.25, 0.3) is 0 Å². The van der Waals surface area contributed by atoms with E-state index in [4.69, 9.17) is 32.6 Å². The molecule has 1 aliphatic rings. The number of pyridine rings is 1. The molecular weight excluding hydrogens is 554 g/mol. The molecule has 0 spiro atoms. The van der Waals surface area contributed by atoms with Gasteiger partial charge in [0.1, 0.15) is 11.9 Å². The van der Waals surface area contributed by atoms with E-state index in [1.165, 1.54) is 7.11 Å². The summed E-state index contributed by atoms with van der Waals surface area (Å²) in [5, 5.41) is 7.90. The summed E-state index contributed by atoms with van der Waals surface area (Å²) < 4.78 is 15.7. The lowest BCUT2D eigenvalue weighted by molar-refractivity contribution is -0.133. The first-order valence-corrected chi connectivity index (χ1v) is 13.9. The molecule has 0 radical (unpaired) electrons. The number of nitrogen functional groups attached to an aromatic ring is 1. The Morgan fingerprint density at radius 2 is 1.79 bits per heavy atom. The molecule has 1 aromatic heterocycles. The van der Waals surface area contributed by atoms with Crippen molar-refractivity contribution in [1.29, 1.82) is 0 Å². The van der Waals surface area contributed by atoms with Gasteiger partial charge in [-0.05, 0) is 84.0 Å². The second-order valence-electron chi connectivity index (χ2n) is 9.90. The first-order valence-electron chi connectivity index (χ1n) is 13.4. The number of carbonyl (C=O) groups excluding carboxylic acids is 2.